The van der Waals surface area contributed by atoms with Crippen LogP contribution in [0.15, 0.2) is 48.5 Å². The van der Waals surface area contributed by atoms with Crippen molar-refractivity contribution in [2.45, 2.75) is 19.4 Å². The molecular formula is C19H19NO3. The molecule has 4 nitrogen and oxygen atoms in total. The van der Waals surface area contributed by atoms with Crippen molar-refractivity contribution in [1.82, 2.24) is 4.90 Å². The van der Waals surface area contributed by atoms with Crippen molar-refractivity contribution >= 4 is 12.2 Å². The van der Waals surface area contributed by atoms with Gasteiger partial charge in [0.1, 0.15) is 12.0 Å². The lowest BCUT2D eigenvalue weighted by molar-refractivity contribution is -0.108. The lowest BCUT2D eigenvalue weighted by Gasteiger charge is -2.29. The minimum atomic E-state index is 0.0142. The molecule has 1 heterocycles. The van der Waals surface area contributed by atoms with Gasteiger partial charge in [-0.3, -0.25) is 4.79 Å². The molecule has 1 aliphatic heterocycles. The molecule has 0 aromatic heterocycles. The van der Waals surface area contributed by atoms with Crippen LogP contribution in [0.5, 0.6) is 5.75 Å². The molecule has 0 aliphatic carbocycles. The topological polar surface area (TPSA) is 46.6 Å². The highest BCUT2D eigenvalue weighted by Gasteiger charge is 2.21. The van der Waals surface area contributed by atoms with E-state index in [1.54, 1.807) is 24.3 Å². The molecule has 0 spiro atoms. The van der Waals surface area contributed by atoms with Crippen LogP contribution in [0.1, 0.15) is 27.9 Å². The van der Waals surface area contributed by atoms with Crippen LogP contribution in [-0.2, 0) is 17.8 Å². The maximum absolute atomic E-state index is 12.7. The highest BCUT2D eigenvalue weighted by molar-refractivity contribution is 5.94. The highest BCUT2D eigenvalue weighted by atomic mass is 16.5. The van der Waals surface area contributed by atoms with Gasteiger partial charge in [0.15, 0.2) is 0 Å². The van der Waals surface area contributed by atoms with Crippen molar-refractivity contribution in [1.29, 1.82) is 0 Å². The van der Waals surface area contributed by atoms with E-state index in [1.807, 2.05) is 17.0 Å². The molecule has 0 bridgehead atoms. The first-order chi connectivity index (χ1) is 11.3. The zero-order chi connectivity index (χ0) is 16.1. The summed E-state index contributed by atoms with van der Waals surface area (Å²) in [4.78, 5) is 24.9. The van der Waals surface area contributed by atoms with Gasteiger partial charge in [-0.05, 0) is 35.7 Å². The van der Waals surface area contributed by atoms with Gasteiger partial charge in [-0.2, -0.15) is 0 Å². The highest BCUT2D eigenvalue weighted by Crippen LogP contribution is 2.21. The number of fused-ring (bicyclic) bond motifs is 1. The van der Waals surface area contributed by atoms with Gasteiger partial charge in [0, 0.05) is 25.1 Å². The van der Waals surface area contributed by atoms with Crippen LogP contribution in [0.4, 0.5) is 0 Å². The summed E-state index contributed by atoms with van der Waals surface area (Å²) >= 11 is 0. The number of ether oxygens (including phenoxy) is 1. The normalized spacial score (nSPS) is 13.3. The number of aldehydes is 1. The van der Waals surface area contributed by atoms with Gasteiger partial charge < -0.3 is 14.4 Å². The molecule has 2 aromatic rings. The van der Waals surface area contributed by atoms with Crippen molar-refractivity contribution in [3.05, 3.63) is 65.2 Å². The molecule has 3 rings (SSSR count). The Hall–Kier alpha value is -2.62. The second-order valence-electron chi connectivity index (χ2n) is 5.58. The first kappa shape index (κ1) is 15.3. The molecule has 2 aromatic carbocycles. The number of amides is 1. The Morgan fingerprint density at radius 3 is 2.78 bits per heavy atom. The molecule has 0 saturated heterocycles. The smallest absolute Gasteiger partial charge is 0.254 e. The Morgan fingerprint density at radius 2 is 1.96 bits per heavy atom. The Labute approximate surface area is 135 Å². The standard InChI is InChI=1S/C19H19NO3/c21-11-4-12-23-18-8-3-7-16(13-18)19(22)20-10-9-15-5-1-2-6-17(15)14-20/h1-3,5-8,11,13H,4,9-10,12,14H2. The summed E-state index contributed by atoms with van der Waals surface area (Å²) in [5.41, 5.74) is 3.15. The molecule has 0 unspecified atom stereocenters. The predicted molar refractivity (Wildman–Crippen MR) is 87.5 cm³/mol. The maximum atomic E-state index is 12.7. The Balaban J connectivity index is 1.71. The van der Waals surface area contributed by atoms with E-state index in [-0.39, 0.29) is 5.91 Å². The second-order valence-corrected chi connectivity index (χ2v) is 5.58. The summed E-state index contributed by atoms with van der Waals surface area (Å²) in [6, 6.07) is 15.4. The van der Waals surface area contributed by atoms with Gasteiger partial charge in [-0.1, -0.05) is 30.3 Å². The Morgan fingerprint density at radius 1 is 1.13 bits per heavy atom. The van der Waals surface area contributed by atoms with Crippen LogP contribution in [0.2, 0.25) is 0 Å². The Kier molecular flexibility index (Phi) is 4.71. The van der Waals surface area contributed by atoms with Gasteiger partial charge in [0.05, 0.1) is 6.61 Å². The average Bonchev–Trinajstić information content (AvgIpc) is 2.61. The third-order valence-electron chi connectivity index (χ3n) is 4.00. The third kappa shape index (κ3) is 3.59. The van der Waals surface area contributed by atoms with Gasteiger partial charge in [0.25, 0.3) is 5.91 Å². The number of hydrogen-bond donors (Lipinski definition) is 0. The fourth-order valence-corrected chi connectivity index (χ4v) is 2.80. The molecule has 1 amide bonds. The van der Waals surface area contributed by atoms with Gasteiger partial charge in [-0.25, -0.2) is 0 Å². The molecule has 0 fully saturated rings. The van der Waals surface area contributed by atoms with E-state index >= 15 is 0 Å². The van der Waals surface area contributed by atoms with E-state index in [1.165, 1.54) is 11.1 Å². The zero-order valence-corrected chi connectivity index (χ0v) is 12.9. The fourth-order valence-electron chi connectivity index (χ4n) is 2.80. The summed E-state index contributed by atoms with van der Waals surface area (Å²) < 4.78 is 5.48. The number of rotatable bonds is 5. The first-order valence-electron chi connectivity index (χ1n) is 7.80. The minimum Gasteiger partial charge on any atom is -0.493 e. The Bertz CT molecular complexity index is 711. The van der Waals surface area contributed by atoms with Crippen molar-refractivity contribution in [2.24, 2.45) is 0 Å². The zero-order valence-electron chi connectivity index (χ0n) is 12.9. The molecule has 118 valence electrons. The van der Waals surface area contributed by atoms with E-state index in [4.69, 9.17) is 4.74 Å². The maximum Gasteiger partial charge on any atom is 0.254 e. The fraction of sp³-hybridized carbons (Fsp3) is 0.263. The molecule has 23 heavy (non-hydrogen) atoms. The van der Waals surface area contributed by atoms with Crippen LogP contribution < -0.4 is 4.74 Å². The first-order valence-corrected chi connectivity index (χ1v) is 7.80. The lowest BCUT2D eigenvalue weighted by atomic mass is 9.99. The van der Waals surface area contributed by atoms with E-state index < -0.39 is 0 Å². The molecule has 4 heteroatoms. The summed E-state index contributed by atoms with van der Waals surface area (Å²) in [6.45, 7) is 1.70. The van der Waals surface area contributed by atoms with Crippen LogP contribution in [0.25, 0.3) is 0 Å². The van der Waals surface area contributed by atoms with E-state index in [0.717, 1.165) is 19.3 Å². The van der Waals surface area contributed by atoms with Crippen molar-refractivity contribution in [2.75, 3.05) is 13.2 Å². The molecule has 0 atom stereocenters. The predicted octanol–water partition coefficient (Wildman–Crippen LogP) is 2.85. The van der Waals surface area contributed by atoms with Gasteiger partial charge >= 0.3 is 0 Å². The molecule has 0 saturated carbocycles. The molecular weight excluding hydrogens is 290 g/mol. The third-order valence-corrected chi connectivity index (χ3v) is 4.00. The van der Waals surface area contributed by atoms with Crippen molar-refractivity contribution in [3.63, 3.8) is 0 Å². The van der Waals surface area contributed by atoms with E-state index in [9.17, 15) is 9.59 Å². The number of hydrogen-bond acceptors (Lipinski definition) is 3. The minimum absolute atomic E-state index is 0.0142. The van der Waals surface area contributed by atoms with Crippen LogP contribution in [-0.4, -0.2) is 30.2 Å². The number of carbonyl (C=O) groups excluding carboxylic acids is 2. The van der Waals surface area contributed by atoms with E-state index in [0.29, 0.717) is 30.9 Å². The SMILES string of the molecule is O=CCCOc1cccc(C(=O)N2CCc3ccccc3C2)c1. The summed E-state index contributed by atoms with van der Waals surface area (Å²) in [6.07, 6.45) is 2.05. The molecule has 1 aliphatic rings. The lowest BCUT2D eigenvalue weighted by Crippen LogP contribution is -2.35. The number of nitrogens with zero attached hydrogens (tertiary/aromatic N) is 1. The largest absolute Gasteiger partial charge is 0.493 e. The van der Waals surface area contributed by atoms with Gasteiger partial charge in [-0.15, -0.1) is 0 Å². The monoisotopic (exact) mass is 309 g/mol. The van der Waals surface area contributed by atoms with E-state index in [2.05, 4.69) is 12.1 Å². The van der Waals surface area contributed by atoms with Crippen molar-refractivity contribution < 1.29 is 14.3 Å². The van der Waals surface area contributed by atoms with Gasteiger partial charge in [0.2, 0.25) is 0 Å². The van der Waals surface area contributed by atoms with Crippen molar-refractivity contribution in [3.8, 4) is 5.75 Å². The summed E-state index contributed by atoms with van der Waals surface area (Å²) in [7, 11) is 0. The summed E-state index contributed by atoms with van der Waals surface area (Å²) in [5.74, 6) is 0.635. The number of benzene rings is 2. The number of carbonyl (C=O) groups is 2. The summed E-state index contributed by atoms with van der Waals surface area (Å²) in [5, 5.41) is 0. The van der Waals surface area contributed by atoms with Crippen LogP contribution in [0.3, 0.4) is 0 Å². The second kappa shape index (κ2) is 7.09. The molecule has 0 N–H and O–H groups in total. The molecule has 0 radical (unpaired) electrons. The quantitative estimate of drug-likeness (QED) is 0.630. The van der Waals surface area contributed by atoms with Crippen LogP contribution in [0, 0.1) is 0 Å². The van der Waals surface area contributed by atoms with Crippen LogP contribution >= 0.6 is 0 Å². The average molecular weight is 309 g/mol.